The van der Waals surface area contributed by atoms with Crippen molar-refractivity contribution in [2.75, 3.05) is 12.8 Å². The standard InChI is InChI=1S/C7H9ClN2O3S/c1-13-7-5(8)2-4(3-6(7)9)14(10,11)12/h2-3H,9H2,1H3,(H2,10,11,12). The van der Waals surface area contributed by atoms with E-state index in [1.165, 1.54) is 19.2 Å². The maximum atomic E-state index is 11.0. The largest absolute Gasteiger partial charge is 0.493 e. The summed E-state index contributed by atoms with van der Waals surface area (Å²) < 4.78 is 26.8. The summed E-state index contributed by atoms with van der Waals surface area (Å²) >= 11 is 5.72. The molecule has 0 aliphatic rings. The monoisotopic (exact) mass is 236 g/mol. The summed E-state index contributed by atoms with van der Waals surface area (Å²) in [4.78, 5) is -0.138. The van der Waals surface area contributed by atoms with Crippen LogP contribution in [-0.2, 0) is 10.0 Å². The van der Waals surface area contributed by atoms with Crippen LogP contribution in [0.4, 0.5) is 5.69 Å². The summed E-state index contributed by atoms with van der Waals surface area (Å²) in [6.45, 7) is 0. The Labute approximate surface area is 86.7 Å². The highest BCUT2D eigenvalue weighted by molar-refractivity contribution is 7.89. The molecule has 0 amide bonds. The molecule has 1 aromatic rings. The normalized spacial score (nSPS) is 11.4. The third-order valence-corrected chi connectivity index (χ3v) is 2.75. The second-order valence-electron chi connectivity index (χ2n) is 2.57. The molecular weight excluding hydrogens is 228 g/mol. The second kappa shape index (κ2) is 3.64. The van der Waals surface area contributed by atoms with E-state index in [1.54, 1.807) is 0 Å². The summed E-state index contributed by atoms with van der Waals surface area (Å²) in [7, 11) is -2.41. The predicted molar refractivity (Wildman–Crippen MR) is 53.8 cm³/mol. The Hall–Kier alpha value is -0.980. The number of ether oxygens (including phenoxy) is 1. The van der Waals surface area contributed by atoms with Gasteiger partial charge in [0.15, 0.2) is 5.75 Å². The predicted octanol–water partition coefficient (Wildman–Crippen LogP) is 0.578. The summed E-state index contributed by atoms with van der Waals surface area (Å²) in [6.07, 6.45) is 0. The van der Waals surface area contributed by atoms with Crippen LogP contribution < -0.4 is 15.6 Å². The minimum atomic E-state index is -3.79. The quantitative estimate of drug-likeness (QED) is 0.734. The van der Waals surface area contributed by atoms with Gasteiger partial charge in [0.2, 0.25) is 10.0 Å². The van der Waals surface area contributed by atoms with E-state index in [-0.39, 0.29) is 21.4 Å². The number of primary sulfonamides is 1. The van der Waals surface area contributed by atoms with Crippen LogP contribution in [0.2, 0.25) is 5.02 Å². The SMILES string of the molecule is COc1c(N)cc(S(N)(=O)=O)cc1Cl. The minimum absolute atomic E-state index is 0.108. The van der Waals surface area contributed by atoms with Gasteiger partial charge in [0.1, 0.15) is 0 Å². The van der Waals surface area contributed by atoms with Crippen LogP contribution in [0.1, 0.15) is 0 Å². The van der Waals surface area contributed by atoms with Crippen LogP contribution in [-0.4, -0.2) is 15.5 Å². The molecule has 0 spiro atoms. The molecule has 7 heteroatoms. The van der Waals surface area contributed by atoms with Gasteiger partial charge in [-0.3, -0.25) is 0 Å². The number of hydrogen-bond acceptors (Lipinski definition) is 4. The van der Waals surface area contributed by atoms with Crippen LogP contribution in [0, 0.1) is 0 Å². The van der Waals surface area contributed by atoms with Crippen LogP contribution in [0.15, 0.2) is 17.0 Å². The topological polar surface area (TPSA) is 95.4 Å². The van der Waals surface area contributed by atoms with Crippen LogP contribution in [0.25, 0.3) is 0 Å². The van der Waals surface area contributed by atoms with Crippen molar-refractivity contribution in [2.24, 2.45) is 5.14 Å². The first-order valence-electron chi connectivity index (χ1n) is 3.52. The average molecular weight is 237 g/mol. The smallest absolute Gasteiger partial charge is 0.238 e. The lowest BCUT2D eigenvalue weighted by atomic mass is 10.3. The van der Waals surface area contributed by atoms with Crippen LogP contribution in [0.5, 0.6) is 5.75 Å². The fraction of sp³-hybridized carbons (Fsp3) is 0.143. The summed E-state index contributed by atoms with van der Waals surface area (Å²) in [6, 6.07) is 2.38. The number of halogens is 1. The number of benzene rings is 1. The Morgan fingerprint density at radius 1 is 1.43 bits per heavy atom. The highest BCUT2D eigenvalue weighted by atomic mass is 35.5. The van der Waals surface area contributed by atoms with E-state index in [9.17, 15) is 8.42 Å². The van der Waals surface area contributed by atoms with Crippen molar-refractivity contribution in [3.8, 4) is 5.75 Å². The van der Waals surface area contributed by atoms with Gasteiger partial charge in [-0.05, 0) is 12.1 Å². The lowest BCUT2D eigenvalue weighted by Gasteiger charge is -2.08. The third kappa shape index (κ3) is 2.09. The molecule has 0 heterocycles. The number of anilines is 1. The van der Waals surface area contributed by atoms with Crippen molar-refractivity contribution in [2.45, 2.75) is 4.90 Å². The van der Waals surface area contributed by atoms with Gasteiger partial charge in [0.05, 0.1) is 22.7 Å². The van der Waals surface area contributed by atoms with Crippen LogP contribution in [0.3, 0.4) is 0 Å². The van der Waals surface area contributed by atoms with E-state index in [2.05, 4.69) is 0 Å². The number of sulfonamides is 1. The Balaban J connectivity index is 3.43. The Morgan fingerprint density at radius 3 is 2.36 bits per heavy atom. The van der Waals surface area contributed by atoms with Crippen molar-refractivity contribution >= 4 is 27.3 Å². The van der Waals surface area contributed by atoms with E-state index < -0.39 is 10.0 Å². The van der Waals surface area contributed by atoms with Gasteiger partial charge in [-0.15, -0.1) is 0 Å². The Kier molecular flexibility index (Phi) is 2.89. The zero-order valence-electron chi connectivity index (χ0n) is 7.32. The van der Waals surface area contributed by atoms with E-state index >= 15 is 0 Å². The third-order valence-electron chi connectivity index (χ3n) is 1.58. The van der Waals surface area contributed by atoms with Crippen molar-refractivity contribution < 1.29 is 13.2 Å². The first-order chi connectivity index (χ1) is 6.36. The van der Waals surface area contributed by atoms with Gasteiger partial charge in [-0.2, -0.15) is 0 Å². The van der Waals surface area contributed by atoms with Crippen LogP contribution >= 0.6 is 11.6 Å². The highest BCUT2D eigenvalue weighted by Crippen LogP contribution is 2.33. The Bertz CT molecular complexity index is 435. The van der Waals surface area contributed by atoms with E-state index in [0.29, 0.717) is 0 Å². The van der Waals surface area contributed by atoms with Gasteiger partial charge in [-0.25, -0.2) is 13.6 Å². The fourth-order valence-electron chi connectivity index (χ4n) is 0.968. The zero-order valence-corrected chi connectivity index (χ0v) is 8.89. The molecule has 0 aliphatic heterocycles. The second-order valence-corrected chi connectivity index (χ2v) is 4.54. The Morgan fingerprint density at radius 2 is 2.00 bits per heavy atom. The van der Waals surface area contributed by atoms with Crippen molar-refractivity contribution in [3.05, 3.63) is 17.2 Å². The molecule has 0 saturated carbocycles. The molecule has 1 rings (SSSR count). The van der Waals surface area contributed by atoms with Gasteiger partial charge in [0, 0.05) is 0 Å². The molecule has 0 aliphatic carbocycles. The molecule has 0 unspecified atom stereocenters. The summed E-state index contributed by atoms with van der Waals surface area (Å²) in [5, 5.41) is 5.01. The molecule has 1 aromatic carbocycles. The number of nitrogens with two attached hydrogens (primary N) is 2. The number of rotatable bonds is 2. The molecule has 0 radical (unpaired) electrons. The number of nitrogen functional groups attached to an aromatic ring is 1. The number of hydrogen-bond donors (Lipinski definition) is 2. The lowest BCUT2D eigenvalue weighted by molar-refractivity contribution is 0.417. The number of methoxy groups -OCH3 is 1. The molecule has 4 N–H and O–H groups in total. The molecule has 78 valence electrons. The molecule has 0 bridgehead atoms. The molecule has 0 atom stereocenters. The maximum Gasteiger partial charge on any atom is 0.238 e. The molecular formula is C7H9ClN2O3S. The zero-order chi connectivity index (χ0) is 10.9. The first kappa shape index (κ1) is 11.1. The van der Waals surface area contributed by atoms with E-state index in [4.69, 9.17) is 27.2 Å². The summed E-state index contributed by atoms with van der Waals surface area (Å²) in [5.41, 5.74) is 5.63. The van der Waals surface area contributed by atoms with Crippen molar-refractivity contribution in [1.29, 1.82) is 0 Å². The highest BCUT2D eigenvalue weighted by Gasteiger charge is 2.14. The fourth-order valence-corrected chi connectivity index (χ4v) is 1.91. The minimum Gasteiger partial charge on any atom is -0.493 e. The first-order valence-corrected chi connectivity index (χ1v) is 5.44. The molecule has 0 saturated heterocycles. The van der Waals surface area contributed by atoms with Gasteiger partial charge in [-0.1, -0.05) is 11.6 Å². The average Bonchev–Trinajstić information content (AvgIpc) is 2.01. The molecule has 0 aromatic heterocycles. The molecule has 14 heavy (non-hydrogen) atoms. The van der Waals surface area contributed by atoms with Crippen molar-refractivity contribution in [3.63, 3.8) is 0 Å². The van der Waals surface area contributed by atoms with Gasteiger partial charge in [0.25, 0.3) is 0 Å². The maximum absolute atomic E-state index is 11.0. The molecule has 0 fully saturated rings. The van der Waals surface area contributed by atoms with E-state index in [1.807, 2.05) is 0 Å². The molecule has 5 nitrogen and oxygen atoms in total. The summed E-state index contributed by atoms with van der Waals surface area (Å²) in [5.74, 6) is 0.235. The van der Waals surface area contributed by atoms with Crippen molar-refractivity contribution in [1.82, 2.24) is 0 Å². The van der Waals surface area contributed by atoms with Gasteiger partial charge < -0.3 is 10.5 Å². The lowest BCUT2D eigenvalue weighted by Crippen LogP contribution is -2.12. The van der Waals surface area contributed by atoms with Gasteiger partial charge >= 0.3 is 0 Å². The van der Waals surface area contributed by atoms with E-state index in [0.717, 1.165) is 0 Å².